The van der Waals surface area contributed by atoms with E-state index in [2.05, 4.69) is 15.0 Å². The number of carbonyl (C=O) groups excluding carboxylic acids is 1. The maximum Gasteiger partial charge on any atom is 0.292 e. The first-order valence-electron chi connectivity index (χ1n) is 10.3. The number of carbonyl (C=O) groups is 1. The number of piperidine rings is 1. The van der Waals surface area contributed by atoms with Gasteiger partial charge in [0.25, 0.3) is 5.91 Å². The summed E-state index contributed by atoms with van der Waals surface area (Å²) in [6.07, 6.45) is 2.12. The maximum absolute atomic E-state index is 14.0. The number of aryl methyl sites for hydroxylation is 1. The second kappa shape index (κ2) is 9.98. The molecule has 7 heteroatoms. The Morgan fingerprint density at radius 2 is 2.10 bits per heavy atom. The van der Waals surface area contributed by atoms with Gasteiger partial charge >= 0.3 is 0 Å². The highest BCUT2D eigenvalue weighted by Gasteiger charge is 2.27. The Bertz CT molecular complexity index is 808. The number of rotatable bonds is 8. The lowest BCUT2D eigenvalue weighted by Gasteiger charge is -2.36. The van der Waals surface area contributed by atoms with Crippen molar-refractivity contribution in [3.63, 3.8) is 0 Å². The Labute approximate surface area is 172 Å². The second-order valence-electron chi connectivity index (χ2n) is 8.22. The summed E-state index contributed by atoms with van der Waals surface area (Å²) in [5.74, 6) is 0.378. The van der Waals surface area contributed by atoms with Crippen LogP contribution in [0, 0.1) is 18.7 Å². The van der Waals surface area contributed by atoms with Crippen LogP contribution in [0.15, 0.2) is 34.9 Å². The Hall–Kier alpha value is -2.25. The third-order valence-corrected chi connectivity index (χ3v) is 5.38. The number of benzene rings is 1. The SMILES string of the molecule is Cc1cc(C(=O)N(CCN(C)C)CC2CCCN(Cc3ccccc3F)C2)on1. The molecule has 158 valence electrons. The summed E-state index contributed by atoms with van der Waals surface area (Å²) in [4.78, 5) is 19.2. The molecule has 3 rings (SSSR count). The summed E-state index contributed by atoms with van der Waals surface area (Å²) < 4.78 is 19.2. The van der Waals surface area contributed by atoms with Gasteiger partial charge in [0.1, 0.15) is 5.82 Å². The molecular weight excluding hydrogens is 371 g/mol. The molecule has 6 nitrogen and oxygen atoms in total. The van der Waals surface area contributed by atoms with Crippen LogP contribution in [-0.4, -0.2) is 72.6 Å². The molecule has 0 aliphatic carbocycles. The van der Waals surface area contributed by atoms with Crippen LogP contribution in [0.2, 0.25) is 0 Å². The molecule has 2 heterocycles. The number of amides is 1. The molecule has 0 spiro atoms. The number of hydrogen-bond acceptors (Lipinski definition) is 5. The fourth-order valence-electron chi connectivity index (χ4n) is 3.84. The van der Waals surface area contributed by atoms with Crippen LogP contribution in [-0.2, 0) is 6.54 Å². The van der Waals surface area contributed by atoms with Gasteiger partial charge in [-0.3, -0.25) is 9.69 Å². The van der Waals surface area contributed by atoms with Gasteiger partial charge in [0.2, 0.25) is 5.76 Å². The van der Waals surface area contributed by atoms with Crippen LogP contribution < -0.4 is 0 Å². The van der Waals surface area contributed by atoms with Gasteiger partial charge in [0.05, 0.1) is 5.69 Å². The third-order valence-electron chi connectivity index (χ3n) is 5.38. The molecule has 0 radical (unpaired) electrons. The first-order chi connectivity index (χ1) is 13.9. The summed E-state index contributed by atoms with van der Waals surface area (Å²) in [6.45, 7) is 6.32. The van der Waals surface area contributed by atoms with E-state index in [-0.39, 0.29) is 11.7 Å². The molecule has 0 bridgehead atoms. The van der Waals surface area contributed by atoms with Gasteiger partial charge in [0, 0.05) is 44.4 Å². The van der Waals surface area contributed by atoms with Crippen molar-refractivity contribution in [1.82, 2.24) is 19.9 Å². The predicted octanol–water partition coefficient (Wildman–Crippen LogP) is 3.04. The quantitative estimate of drug-likeness (QED) is 0.679. The van der Waals surface area contributed by atoms with E-state index in [1.165, 1.54) is 6.07 Å². The molecule has 1 fully saturated rings. The van der Waals surface area contributed by atoms with E-state index in [0.29, 0.717) is 37.0 Å². The number of likely N-dealkylation sites (N-methyl/N-ethyl adjacent to an activating group) is 1. The third kappa shape index (κ3) is 6.11. The summed E-state index contributed by atoms with van der Waals surface area (Å²) in [6, 6.07) is 8.64. The van der Waals surface area contributed by atoms with Crippen molar-refractivity contribution in [1.29, 1.82) is 0 Å². The van der Waals surface area contributed by atoms with E-state index in [4.69, 9.17) is 4.52 Å². The zero-order chi connectivity index (χ0) is 20.8. The first kappa shape index (κ1) is 21.5. The van der Waals surface area contributed by atoms with Crippen molar-refractivity contribution < 1.29 is 13.7 Å². The second-order valence-corrected chi connectivity index (χ2v) is 8.22. The molecule has 1 aromatic carbocycles. The monoisotopic (exact) mass is 402 g/mol. The number of nitrogens with zero attached hydrogens (tertiary/aromatic N) is 4. The molecule has 1 atom stereocenters. The number of likely N-dealkylation sites (tertiary alicyclic amines) is 1. The first-order valence-corrected chi connectivity index (χ1v) is 10.3. The normalized spacial score (nSPS) is 17.6. The van der Waals surface area contributed by atoms with Crippen molar-refractivity contribution in [2.24, 2.45) is 5.92 Å². The van der Waals surface area contributed by atoms with E-state index in [1.54, 1.807) is 12.1 Å². The Morgan fingerprint density at radius 1 is 1.31 bits per heavy atom. The maximum atomic E-state index is 14.0. The average molecular weight is 403 g/mol. The Balaban J connectivity index is 1.64. The Kier molecular flexibility index (Phi) is 7.39. The number of halogens is 1. The number of hydrogen-bond donors (Lipinski definition) is 0. The summed E-state index contributed by atoms with van der Waals surface area (Å²) in [5.41, 5.74) is 1.43. The summed E-state index contributed by atoms with van der Waals surface area (Å²) in [7, 11) is 4.00. The lowest BCUT2D eigenvalue weighted by molar-refractivity contribution is 0.0621. The van der Waals surface area contributed by atoms with Crippen LogP contribution in [0.5, 0.6) is 0 Å². The smallest absolute Gasteiger partial charge is 0.292 e. The molecule has 29 heavy (non-hydrogen) atoms. The van der Waals surface area contributed by atoms with E-state index < -0.39 is 0 Å². The van der Waals surface area contributed by atoms with Crippen molar-refractivity contribution >= 4 is 5.91 Å². The van der Waals surface area contributed by atoms with E-state index in [1.807, 2.05) is 38.1 Å². The minimum absolute atomic E-state index is 0.112. The topological polar surface area (TPSA) is 52.8 Å². The molecule has 1 amide bonds. The lowest BCUT2D eigenvalue weighted by Crippen LogP contribution is -2.44. The molecule has 1 aliphatic rings. The highest BCUT2D eigenvalue weighted by atomic mass is 19.1. The van der Waals surface area contributed by atoms with Crippen LogP contribution >= 0.6 is 0 Å². The largest absolute Gasteiger partial charge is 0.351 e. The van der Waals surface area contributed by atoms with Gasteiger partial charge < -0.3 is 14.3 Å². The van der Waals surface area contributed by atoms with Crippen molar-refractivity contribution in [3.8, 4) is 0 Å². The molecule has 2 aromatic rings. The average Bonchev–Trinajstić information content (AvgIpc) is 3.13. The van der Waals surface area contributed by atoms with E-state index in [9.17, 15) is 9.18 Å². The zero-order valence-electron chi connectivity index (χ0n) is 17.6. The van der Waals surface area contributed by atoms with E-state index >= 15 is 0 Å². The minimum Gasteiger partial charge on any atom is -0.351 e. The predicted molar refractivity (Wildman–Crippen MR) is 110 cm³/mol. The fraction of sp³-hybridized carbons (Fsp3) is 0.545. The van der Waals surface area contributed by atoms with Gasteiger partial charge in [-0.15, -0.1) is 0 Å². The van der Waals surface area contributed by atoms with Gasteiger partial charge in [-0.05, 0) is 52.4 Å². The fourth-order valence-corrected chi connectivity index (χ4v) is 3.84. The molecular formula is C22H31FN4O2. The highest BCUT2D eigenvalue weighted by molar-refractivity contribution is 5.91. The molecule has 1 aliphatic heterocycles. The highest BCUT2D eigenvalue weighted by Crippen LogP contribution is 2.21. The molecule has 0 saturated carbocycles. The van der Waals surface area contributed by atoms with Crippen LogP contribution in [0.3, 0.4) is 0 Å². The van der Waals surface area contributed by atoms with Gasteiger partial charge in [0.15, 0.2) is 0 Å². The molecule has 0 N–H and O–H groups in total. The molecule has 1 aromatic heterocycles. The van der Waals surface area contributed by atoms with Crippen molar-refractivity contribution in [2.75, 3.05) is 46.8 Å². The van der Waals surface area contributed by atoms with Crippen molar-refractivity contribution in [2.45, 2.75) is 26.3 Å². The van der Waals surface area contributed by atoms with Crippen LogP contribution in [0.25, 0.3) is 0 Å². The van der Waals surface area contributed by atoms with Crippen LogP contribution in [0.1, 0.15) is 34.7 Å². The van der Waals surface area contributed by atoms with Crippen LogP contribution in [0.4, 0.5) is 4.39 Å². The molecule has 1 saturated heterocycles. The lowest BCUT2D eigenvalue weighted by atomic mass is 9.96. The van der Waals surface area contributed by atoms with Gasteiger partial charge in [-0.2, -0.15) is 0 Å². The standard InChI is InChI=1S/C22H31FN4O2/c1-17-13-21(29-24-17)22(28)27(12-11-25(2)3)15-18-7-6-10-26(14-18)16-19-8-4-5-9-20(19)23/h4-5,8-9,13,18H,6-7,10-12,14-16H2,1-3H3. The molecule has 1 unspecified atom stereocenters. The number of aromatic nitrogens is 1. The van der Waals surface area contributed by atoms with Gasteiger partial charge in [-0.25, -0.2) is 4.39 Å². The van der Waals surface area contributed by atoms with E-state index in [0.717, 1.165) is 38.0 Å². The Morgan fingerprint density at radius 3 is 2.79 bits per heavy atom. The summed E-state index contributed by atoms with van der Waals surface area (Å²) in [5, 5.41) is 3.85. The van der Waals surface area contributed by atoms with Gasteiger partial charge in [-0.1, -0.05) is 23.4 Å². The van der Waals surface area contributed by atoms with Crippen molar-refractivity contribution in [3.05, 3.63) is 53.2 Å². The zero-order valence-corrected chi connectivity index (χ0v) is 17.6. The minimum atomic E-state index is -0.155. The summed E-state index contributed by atoms with van der Waals surface area (Å²) >= 11 is 0.